The molecule has 0 radical (unpaired) electrons. The Kier molecular flexibility index (Phi) is 6.86. The minimum atomic E-state index is -0.122. The summed E-state index contributed by atoms with van der Waals surface area (Å²) in [5.41, 5.74) is 3.21. The van der Waals surface area contributed by atoms with Gasteiger partial charge in [-0.25, -0.2) is 4.79 Å². The van der Waals surface area contributed by atoms with Crippen molar-refractivity contribution < 1.29 is 9.53 Å². The van der Waals surface area contributed by atoms with Gasteiger partial charge in [-0.15, -0.1) is 0 Å². The van der Waals surface area contributed by atoms with Crippen LogP contribution in [-0.2, 0) is 4.74 Å². The zero-order chi connectivity index (χ0) is 16.7. The lowest BCUT2D eigenvalue weighted by atomic mass is 9.98. The van der Waals surface area contributed by atoms with E-state index in [1.165, 1.54) is 5.56 Å². The van der Waals surface area contributed by atoms with Gasteiger partial charge in [0.2, 0.25) is 0 Å². The van der Waals surface area contributed by atoms with Crippen LogP contribution in [0.1, 0.15) is 37.3 Å². The topological polar surface area (TPSA) is 53.6 Å². The molecule has 1 heterocycles. The van der Waals surface area contributed by atoms with Crippen molar-refractivity contribution in [2.45, 2.75) is 33.1 Å². The fourth-order valence-electron chi connectivity index (χ4n) is 2.83. The van der Waals surface area contributed by atoms with Gasteiger partial charge >= 0.3 is 6.03 Å². The Morgan fingerprint density at radius 3 is 2.74 bits per heavy atom. The van der Waals surface area contributed by atoms with Gasteiger partial charge in [0.1, 0.15) is 0 Å². The molecule has 5 heteroatoms. The number of urea groups is 1. The minimum absolute atomic E-state index is 0.122. The highest BCUT2D eigenvalue weighted by Crippen LogP contribution is 2.27. The molecule has 5 nitrogen and oxygen atoms in total. The molecule has 1 aromatic carbocycles. The van der Waals surface area contributed by atoms with Crippen molar-refractivity contribution in [3.05, 3.63) is 29.3 Å². The first-order valence-corrected chi connectivity index (χ1v) is 8.52. The zero-order valence-electron chi connectivity index (χ0n) is 14.5. The molecule has 0 spiro atoms. The Morgan fingerprint density at radius 1 is 1.30 bits per heavy atom. The van der Waals surface area contributed by atoms with Gasteiger partial charge in [0.15, 0.2) is 0 Å². The van der Waals surface area contributed by atoms with E-state index in [4.69, 9.17) is 4.74 Å². The number of nitrogens with zero attached hydrogens (tertiary/aromatic N) is 1. The molecule has 23 heavy (non-hydrogen) atoms. The molecule has 1 fully saturated rings. The first-order valence-electron chi connectivity index (χ1n) is 8.52. The summed E-state index contributed by atoms with van der Waals surface area (Å²) in [6, 6.07) is 6.02. The van der Waals surface area contributed by atoms with Crippen LogP contribution in [0.15, 0.2) is 18.2 Å². The molecule has 1 aromatic rings. The van der Waals surface area contributed by atoms with Crippen LogP contribution in [0.25, 0.3) is 0 Å². The SMILES string of the molecule is Cc1cccc(C(C)C)c1NC(=O)NCCCN1CCOCC1. The number of rotatable bonds is 6. The standard InChI is InChI=1S/C18H29N3O2/c1-14(2)16-7-4-6-15(3)17(16)20-18(22)19-8-5-9-21-10-12-23-13-11-21/h4,6-7,14H,5,8-13H2,1-3H3,(H2,19,20,22). The highest BCUT2D eigenvalue weighted by Gasteiger charge is 2.12. The molecule has 0 bridgehead atoms. The van der Waals surface area contributed by atoms with Crippen molar-refractivity contribution in [1.29, 1.82) is 0 Å². The van der Waals surface area contributed by atoms with Gasteiger partial charge in [-0.05, 0) is 36.9 Å². The maximum atomic E-state index is 12.1. The average Bonchev–Trinajstić information content (AvgIpc) is 2.54. The summed E-state index contributed by atoms with van der Waals surface area (Å²) in [4.78, 5) is 14.5. The van der Waals surface area contributed by atoms with Gasteiger partial charge in [-0.2, -0.15) is 0 Å². The Balaban J connectivity index is 1.76. The second kappa shape index (κ2) is 8.89. The Bertz CT molecular complexity index is 511. The number of ether oxygens (including phenoxy) is 1. The maximum absolute atomic E-state index is 12.1. The van der Waals surface area contributed by atoms with Crippen molar-refractivity contribution in [1.82, 2.24) is 10.2 Å². The van der Waals surface area contributed by atoms with Crippen molar-refractivity contribution in [2.24, 2.45) is 0 Å². The monoisotopic (exact) mass is 319 g/mol. The lowest BCUT2D eigenvalue weighted by Gasteiger charge is -2.26. The number of hydrogen-bond acceptors (Lipinski definition) is 3. The Labute approximate surface area is 139 Å². The van der Waals surface area contributed by atoms with Crippen LogP contribution >= 0.6 is 0 Å². The average molecular weight is 319 g/mol. The summed E-state index contributed by atoms with van der Waals surface area (Å²) < 4.78 is 5.33. The number of para-hydroxylation sites is 1. The summed E-state index contributed by atoms with van der Waals surface area (Å²) in [6.45, 7) is 11.6. The largest absolute Gasteiger partial charge is 0.379 e. The quantitative estimate of drug-likeness (QED) is 0.793. The molecule has 1 aliphatic rings. The van der Waals surface area contributed by atoms with Crippen LogP contribution in [0.5, 0.6) is 0 Å². The summed E-state index contributed by atoms with van der Waals surface area (Å²) in [5, 5.41) is 5.97. The van der Waals surface area contributed by atoms with Crippen molar-refractivity contribution in [3.63, 3.8) is 0 Å². The first-order chi connectivity index (χ1) is 11.1. The van der Waals surface area contributed by atoms with E-state index in [1.54, 1.807) is 0 Å². The van der Waals surface area contributed by atoms with Crippen molar-refractivity contribution in [2.75, 3.05) is 44.7 Å². The lowest BCUT2D eigenvalue weighted by molar-refractivity contribution is 0.0375. The third-order valence-electron chi connectivity index (χ3n) is 4.21. The van der Waals surface area contributed by atoms with Gasteiger partial charge in [0, 0.05) is 25.3 Å². The number of carbonyl (C=O) groups is 1. The van der Waals surface area contributed by atoms with Crippen molar-refractivity contribution >= 4 is 11.7 Å². The molecule has 0 unspecified atom stereocenters. The summed E-state index contributed by atoms with van der Waals surface area (Å²) in [6.07, 6.45) is 0.957. The molecule has 128 valence electrons. The van der Waals surface area contributed by atoms with E-state index >= 15 is 0 Å². The number of nitrogens with one attached hydrogen (secondary N) is 2. The molecule has 0 aromatic heterocycles. The Morgan fingerprint density at radius 2 is 2.04 bits per heavy atom. The fourth-order valence-corrected chi connectivity index (χ4v) is 2.83. The van der Waals surface area contributed by atoms with Gasteiger partial charge in [-0.3, -0.25) is 4.90 Å². The van der Waals surface area contributed by atoms with Crippen LogP contribution in [0.2, 0.25) is 0 Å². The van der Waals surface area contributed by atoms with E-state index in [-0.39, 0.29) is 6.03 Å². The molecule has 1 aliphatic heterocycles. The highest BCUT2D eigenvalue weighted by atomic mass is 16.5. The highest BCUT2D eigenvalue weighted by molar-refractivity contribution is 5.91. The Hall–Kier alpha value is -1.59. The van der Waals surface area contributed by atoms with E-state index in [9.17, 15) is 4.79 Å². The number of morpholine rings is 1. The molecular weight excluding hydrogens is 290 g/mol. The van der Waals surface area contributed by atoms with E-state index in [2.05, 4.69) is 35.4 Å². The fraction of sp³-hybridized carbons (Fsp3) is 0.611. The maximum Gasteiger partial charge on any atom is 0.319 e. The van der Waals surface area contributed by atoms with Crippen LogP contribution in [0.3, 0.4) is 0 Å². The predicted molar refractivity (Wildman–Crippen MR) is 94.2 cm³/mol. The molecule has 2 amide bonds. The molecule has 2 N–H and O–H groups in total. The number of aryl methyl sites for hydroxylation is 1. The van der Waals surface area contributed by atoms with Crippen LogP contribution in [0, 0.1) is 6.92 Å². The van der Waals surface area contributed by atoms with E-state index in [0.29, 0.717) is 12.5 Å². The minimum Gasteiger partial charge on any atom is -0.379 e. The van der Waals surface area contributed by atoms with E-state index in [1.807, 2.05) is 19.1 Å². The number of benzene rings is 1. The molecule has 0 saturated carbocycles. The van der Waals surface area contributed by atoms with Crippen LogP contribution < -0.4 is 10.6 Å². The lowest BCUT2D eigenvalue weighted by Crippen LogP contribution is -2.38. The van der Waals surface area contributed by atoms with Gasteiger partial charge in [-0.1, -0.05) is 32.0 Å². The first kappa shape index (κ1) is 17.8. The molecule has 0 aliphatic carbocycles. The summed E-state index contributed by atoms with van der Waals surface area (Å²) in [7, 11) is 0. The molecular formula is C18H29N3O2. The normalized spacial score (nSPS) is 15.7. The van der Waals surface area contributed by atoms with E-state index < -0.39 is 0 Å². The number of carbonyl (C=O) groups excluding carboxylic acids is 1. The van der Waals surface area contributed by atoms with E-state index in [0.717, 1.165) is 50.5 Å². The van der Waals surface area contributed by atoms with Crippen LogP contribution in [0.4, 0.5) is 10.5 Å². The molecule has 2 rings (SSSR count). The van der Waals surface area contributed by atoms with Gasteiger partial charge in [0.05, 0.1) is 13.2 Å². The predicted octanol–water partition coefficient (Wildman–Crippen LogP) is 2.96. The van der Waals surface area contributed by atoms with Gasteiger partial charge in [0.25, 0.3) is 0 Å². The second-order valence-electron chi connectivity index (χ2n) is 6.38. The van der Waals surface area contributed by atoms with Crippen LogP contribution in [-0.4, -0.2) is 50.3 Å². The summed E-state index contributed by atoms with van der Waals surface area (Å²) in [5.74, 6) is 0.381. The zero-order valence-corrected chi connectivity index (χ0v) is 14.5. The van der Waals surface area contributed by atoms with Gasteiger partial charge < -0.3 is 15.4 Å². The third kappa shape index (κ3) is 5.52. The second-order valence-corrected chi connectivity index (χ2v) is 6.38. The number of anilines is 1. The number of hydrogen-bond donors (Lipinski definition) is 2. The molecule has 1 saturated heterocycles. The summed E-state index contributed by atoms with van der Waals surface area (Å²) >= 11 is 0. The smallest absolute Gasteiger partial charge is 0.319 e. The van der Waals surface area contributed by atoms with Crippen molar-refractivity contribution in [3.8, 4) is 0 Å². The molecule has 0 atom stereocenters. The number of amides is 2. The third-order valence-corrected chi connectivity index (χ3v) is 4.21.